The fraction of sp³-hybridized carbons (Fsp3) is 0.231. The molecule has 0 aromatic carbocycles. The van der Waals surface area contributed by atoms with Crippen molar-refractivity contribution < 1.29 is 9.90 Å². The van der Waals surface area contributed by atoms with Crippen LogP contribution in [0.25, 0.3) is 17.1 Å². The van der Waals surface area contributed by atoms with Crippen molar-refractivity contribution in [1.82, 2.24) is 14.9 Å². The number of carboxylic acid groups (broad SMARTS) is 1. The molecule has 0 saturated heterocycles. The molecule has 0 unspecified atom stereocenters. The van der Waals surface area contributed by atoms with Gasteiger partial charge in [0, 0.05) is 30.4 Å². The highest BCUT2D eigenvalue weighted by atomic mass is 16.4. The summed E-state index contributed by atoms with van der Waals surface area (Å²) < 4.78 is 0. The zero-order valence-electron chi connectivity index (χ0n) is 10.3. The zero-order valence-corrected chi connectivity index (χ0v) is 10.3. The number of hydrogen-bond donors (Lipinski definition) is 2. The molecule has 94 valence electrons. The van der Waals surface area contributed by atoms with Crippen molar-refractivity contribution in [2.45, 2.75) is 6.54 Å². The summed E-state index contributed by atoms with van der Waals surface area (Å²) in [5, 5.41) is 9.63. The number of nitrogens with zero attached hydrogens (tertiary/aromatic N) is 2. The molecule has 18 heavy (non-hydrogen) atoms. The molecule has 2 N–H and O–H groups in total. The number of H-pyrrole nitrogens is 1. The molecule has 0 fully saturated rings. The lowest BCUT2D eigenvalue weighted by molar-refractivity contribution is -0.131. The third-order valence-corrected chi connectivity index (χ3v) is 2.54. The summed E-state index contributed by atoms with van der Waals surface area (Å²) >= 11 is 0. The van der Waals surface area contributed by atoms with Crippen LogP contribution in [-0.4, -0.2) is 40.0 Å². The molecule has 0 atom stereocenters. The second-order valence-corrected chi connectivity index (χ2v) is 4.39. The number of fused-ring (bicyclic) bond motifs is 1. The van der Waals surface area contributed by atoms with Gasteiger partial charge < -0.3 is 15.0 Å². The average Bonchev–Trinajstić information content (AvgIpc) is 2.68. The van der Waals surface area contributed by atoms with Gasteiger partial charge in [0.15, 0.2) is 0 Å². The summed E-state index contributed by atoms with van der Waals surface area (Å²) in [7, 11) is 4.00. The molecule has 0 aliphatic rings. The Labute approximate surface area is 105 Å². The van der Waals surface area contributed by atoms with Gasteiger partial charge in [0.1, 0.15) is 5.65 Å². The van der Waals surface area contributed by atoms with Crippen LogP contribution >= 0.6 is 0 Å². The molecule has 2 rings (SSSR count). The molecule has 5 nitrogen and oxygen atoms in total. The number of aromatic amines is 1. The van der Waals surface area contributed by atoms with Crippen LogP contribution in [0.4, 0.5) is 0 Å². The van der Waals surface area contributed by atoms with E-state index < -0.39 is 5.97 Å². The maximum Gasteiger partial charge on any atom is 0.328 e. The molecule has 5 heteroatoms. The normalized spacial score (nSPS) is 11.7. The summed E-state index contributed by atoms with van der Waals surface area (Å²) in [5.41, 5.74) is 2.75. The van der Waals surface area contributed by atoms with Crippen LogP contribution in [0.1, 0.15) is 11.1 Å². The zero-order chi connectivity index (χ0) is 13.1. The number of aromatic nitrogens is 2. The van der Waals surface area contributed by atoms with Gasteiger partial charge in [0.05, 0.1) is 0 Å². The largest absolute Gasteiger partial charge is 0.478 e. The Kier molecular flexibility index (Phi) is 3.43. The Bertz CT molecular complexity index is 599. The molecular weight excluding hydrogens is 230 g/mol. The molecule has 0 radical (unpaired) electrons. The van der Waals surface area contributed by atoms with Gasteiger partial charge in [-0.2, -0.15) is 0 Å². The third kappa shape index (κ3) is 2.75. The van der Waals surface area contributed by atoms with Gasteiger partial charge in [0.25, 0.3) is 0 Å². The van der Waals surface area contributed by atoms with Crippen LogP contribution in [0.3, 0.4) is 0 Å². The van der Waals surface area contributed by atoms with E-state index in [1.165, 1.54) is 0 Å². The Morgan fingerprint density at radius 3 is 3.00 bits per heavy atom. The summed E-state index contributed by atoms with van der Waals surface area (Å²) in [4.78, 5) is 19.9. The van der Waals surface area contributed by atoms with E-state index in [0.717, 1.165) is 34.8 Å². The average molecular weight is 245 g/mol. The number of nitrogens with one attached hydrogen (secondary N) is 1. The summed E-state index contributed by atoms with van der Waals surface area (Å²) in [5.74, 6) is -0.960. The Hall–Kier alpha value is -2.14. The number of carbonyl (C=O) groups is 1. The lowest BCUT2D eigenvalue weighted by Gasteiger charge is -2.07. The predicted octanol–water partition coefficient (Wildman–Crippen LogP) is 1.72. The lowest BCUT2D eigenvalue weighted by Crippen LogP contribution is -2.10. The van der Waals surface area contributed by atoms with E-state index >= 15 is 0 Å². The van der Waals surface area contributed by atoms with Crippen LogP contribution in [-0.2, 0) is 11.3 Å². The highest BCUT2D eigenvalue weighted by Crippen LogP contribution is 2.19. The van der Waals surface area contributed by atoms with Gasteiger partial charge >= 0.3 is 5.97 Å². The van der Waals surface area contributed by atoms with Gasteiger partial charge in [-0.1, -0.05) is 0 Å². The van der Waals surface area contributed by atoms with Crippen LogP contribution in [0.2, 0.25) is 0 Å². The number of carboxylic acids is 1. The second-order valence-electron chi connectivity index (χ2n) is 4.39. The monoisotopic (exact) mass is 245 g/mol. The Balaban J connectivity index is 2.39. The van der Waals surface area contributed by atoms with Crippen molar-refractivity contribution in [2.75, 3.05) is 14.1 Å². The van der Waals surface area contributed by atoms with Gasteiger partial charge in [0.2, 0.25) is 0 Å². The van der Waals surface area contributed by atoms with E-state index in [9.17, 15) is 4.79 Å². The second kappa shape index (κ2) is 5.01. The minimum Gasteiger partial charge on any atom is -0.478 e. The maximum absolute atomic E-state index is 10.5. The molecule has 0 saturated carbocycles. The van der Waals surface area contributed by atoms with Crippen molar-refractivity contribution in [3.63, 3.8) is 0 Å². The van der Waals surface area contributed by atoms with Gasteiger partial charge in [-0.3, -0.25) is 0 Å². The first kappa shape index (κ1) is 12.3. The first-order chi connectivity index (χ1) is 8.56. The summed E-state index contributed by atoms with van der Waals surface area (Å²) in [6.45, 7) is 0.813. The molecule has 0 amide bonds. The van der Waals surface area contributed by atoms with E-state index in [2.05, 4.69) is 14.9 Å². The van der Waals surface area contributed by atoms with Crippen molar-refractivity contribution in [3.05, 3.63) is 35.7 Å². The third-order valence-electron chi connectivity index (χ3n) is 2.54. The maximum atomic E-state index is 10.5. The van der Waals surface area contributed by atoms with E-state index in [-0.39, 0.29) is 0 Å². The van der Waals surface area contributed by atoms with E-state index in [1.54, 1.807) is 12.3 Å². The first-order valence-corrected chi connectivity index (χ1v) is 5.58. The van der Waals surface area contributed by atoms with Crippen molar-refractivity contribution in [2.24, 2.45) is 0 Å². The molecular formula is C13H15N3O2. The van der Waals surface area contributed by atoms with Crippen LogP contribution < -0.4 is 0 Å². The van der Waals surface area contributed by atoms with Crippen LogP contribution in [0.5, 0.6) is 0 Å². The molecule has 2 aromatic heterocycles. The fourth-order valence-corrected chi connectivity index (χ4v) is 1.80. The standard InChI is InChI=1S/C13H15N3O2/c1-16(2)8-10-7-15-13-11(10)5-9(6-14-13)3-4-12(17)18/h3-7H,8H2,1-2H3,(H,14,15)(H,17,18)/b4-3+. The van der Waals surface area contributed by atoms with Crippen molar-refractivity contribution >= 4 is 23.1 Å². The number of pyridine rings is 1. The van der Waals surface area contributed by atoms with Crippen LogP contribution in [0, 0.1) is 0 Å². The van der Waals surface area contributed by atoms with E-state index in [4.69, 9.17) is 5.11 Å². The quantitative estimate of drug-likeness (QED) is 0.805. The molecule has 2 aromatic rings. The number of rotatable bonds is 4. The molecule has 0 spiro atoms. The fourth-order valence-electron chi connectivity index (χ4n) is 1.80. The number of aliphatic carboxylic acids is 1. The van der Waals surface area contributed by atoms with Crippen molar-refractivity contribution in [1.29, 1.82) is 0 Å². The molecule has 0 bridgehead atoms. The van der Waals surface area contributed by atoms with Crippen molar-refractivity contribution in [3.8, 4) is 0 Å². The highest BCUT2D eigenvalue weighted by molar-refractivity contribution is 5.87. The smallest absolute Gasteiger partial charge is 0.328 e. The van der Waals surface area contributed by atoms with Gasteiger partial charge in [-0.25, -0.2) is 9.78 Å². The Morgan fingerprint density at radius 2 is 2.33 bits per heavy atom. The first-order valence-electron chi connectivity index (χ1n) is 5.58. The minimum absolute atomic E-state index is 0.782. The lowest BCUT2D eigenvalue weighted by atomic mass is 10.1. The predicted molar refractivity (Wildman–Crippen MR) is 70.2 cm³/mol. The van der Waals surface area contributed by atoms with Crippen LogP contribution in [0.15, 0.2) is 24.5 Å². The van der Waals surface area contributed by atoms with E-state index in [0.29, 0.717) is 0 Å². The summed E-state index contributed by atoms with van der Waals surface area (Å²) in [6, 6.07) is 1.94. The van der Waals surface area contributed by atoms with Gasteiger partial charge in [-0.15, -0.1) is 0 Å². The van der Waals surface area contributed by atoms with Gasteiger partial charge in [-0.05, 0) is 37.4 Å². The minimum atomic E-state index is -0.960. The Morgan fingerprint density at radius 1 is 1.56 bits per heavy atom. The SMILES string of the molecule is CN(C)Cc1c[nH]c2ncc(/C=C/C(=O)O)cc12. The number of hydrogen-bond acceptors (Lipinski definition) is 3. The topological polar surface area (TPSA) is 69.2 Å². The molecule has 0 aliphatic carbocycles. The molecule has 2 heterocycles. The summed E-state index contributed by atoms with van der Waals surface area (Å²) in [6.07, 6.45) is 6.24. The molecule has 0 aliphatic heterocycles. The van der Waals surface area contributed by atoms with E-state index in [1.807, 2.05) is 26.4 Å². The highest BCUT2D eigenvalue weighted by Gasteiger charge is 2.06.